The number of hydrogen-bond donors (Lipinski definition) is 1. The lowest BCUT2D eigenvalue weighted by Gasteiger charge is -2.15. The number of aromatic nitrogens is 1. The van der Waals surface area contributed by atoms with Crippen molar-refractivity contribution in [3.8, 4) is 11.5 Å². The average Bonchev–Trinajstić information content (AvgIpc) is 2.50. The number of methoxy groups -OCH3 is 1. The van der Waals surface area contributed by atoms with Crippen LogP contribution in [0.2, 0.25) is 5.02 Å². The van der Waals surface area contributed by atoms with Crippen LogP contribution < -0.4 is 14.8 Å². The van der Waals surface area contributed by atoms with Crippen LogP contribution in [0.5, 0.6) is 11.5 Å². The highest BCUT2D eigenvalue weighted by molar-refractivity contribution is 6.30. The van der Waals surface area contributed by atoms with E-state index in [1.165, 1.54) is 0 Å². The molecule has 0 amide bonds. The summed E-state index contributed by atoms with van der Waals surface area (Å²) in [6.07, 6.45) is 4.40. The Hall–Kier alpha value is -1.78. The van der Waals surface area contributed by atoms with Gasteiger partial charge in [-0.05, 0) is 24.7 Å². The topological polar surface area (TPSA) is 43.4 Å². The molecular weight excluding hydrogens is 288 g/mol. The molecule has 2 rings (SSSR count). The lowest BCUT2D eigenvalue weighted by Crippen LogP contribution is -2.10. The van der Waals surface area contributed by atoms with Gasteiger partial charge in [-0.3, -0.25) is 4.98 Å². The van der Waals surface area contributed by atoms with E-state index in [1.807, 2.05) is 31.4 Å². The molecular formula is C16H19ClN2O2. The molecule has 4 nitrogen and oxygen atoms in total. The zero-order valence-corrected chi connectivity index (χ0v) is 13.0. The molecule has 0 saturated heterocycles. The van der Waals surface area contributed by atoms with Crippen LogP contribution in [-0.4, -0.2) is 25.7 Å². The van der Waals surface area contributed by atoms with E-state index in [-0.39, 0.29) is 0 Å². The molecule has 1 heterocycles. The van der Waals surface area contributed by atoms with Gasteiger partial charge >= 0.3 is 0 Å². The number of nitrogens with one attached hydrogen (secondary N) is 1. The molecule has 0 aliphatic rings. The molecule has 0 spiro atoms. The van der Waals surface area contributed by atoms with Crippen molar-refractivity contribution in [1.82, 2.24) is 10.3 Å². The molecule has 112 valence electrons. The van der Waals surface area contributed by atoms with E-state index in [4.69, 9.17) is 21.1 Å². The molecule has 0 atom stereocenters. The van der Waals surface area contributed by atoms with Crippen molar-refractivity contribution in [2.24, 2.45) is 0 Å². The summed E-state index contributed by atoms with van der Waals surface area (Å²) in [7, 11) is 3.50. The number of benzene rings is 1. The fourth-order valence-electron chi connectivity index (χ4n) is 2.08. The number of rotatable bonds is 7. The van der Waals surface area contributed by atoms with Gasteiger partial charge in [0.1, 0.15) is 0 Å². The molecule has 21 heavy (non-hydrogen) atoms. The Bertz CT molecular complexity index is 576. The Labute approximate surface area is 130 Å². The monoisotopic (exact) mass is 306 g/mol. The van der Waals surface area contributed by atoms with Crippen LogP contribution in [0.25, 0.3) is 0 Å². The van der Waals surface area contributed by atoms with Crippen molar-refractivity contribution in [2.45, 2.75) is 13.0 Å². The highest BCUT2D eigenvalue weighted by Gasteiger charge is 2.12. The predicted octanol–water partition coefficient (Wildman–Crippen LogP) is 3.08. The van der Waals surface area contributed by atoms with E-state index in [2.05, 4.69) is 10.3 Å². The first-order valence-corrected chi connectivity index (χ1v) is 7.15. The molecule has 2 aromatic rings. The number of ether oxygens (including phenoxy) is 2. The van der Waals surface area contributed by atoms with Crippen LogP contribution in [0.1, 0.15) is 11.1 Å². The van der Waals surface area contributed by atoms with E-state index >= 15 is 0 Å². The highest BCUT2D eigenvalue weighted by Crippen LogP contribution is 2.34. The number of pyridine rings is 1. The van der Waals surface area contributed by atoms with Gasteiger partial charge in [-0.2, -0.15) is 0 Å². The van der Waals surface area contributed by atoms with E-state index in [0.29, 0.717) is 23.9 Å². The molecule has 0 unspecified atom stereocenters. The van der Waals surface area contributed by atoms with Crippen LogP contribution in [0, 0.1) is 0 Å². The Morgan fingerprint density at radius 1 is 1.33 bits per heavy atom. The van der Waals surface area contributed by atoms with Crippen LogP contribution in [-0.2, 0) is 13.0 Å². The first kappa shape index (κ1) is 15.6. The van der Waals surface area contributed by atoms with Crippen molar-refractivity contribution in [3.63, 3.8) is 0 Å². The minimum absolute atomic E-state index is 0.556. The molecule has 1 N–H and O–H groups in total. The maximum Gasteiger partial charge on any atom is 0.165 e. The summed E-state index contributed by atoms with van der Waals surface area (Å²) < 4.78 is 11.3. The molecule has 0 aliphatic carbocycles. The standard InChI is InChI=1S/C16H19ClN2O2/c1-18-11-13-8-14(17)9-15(20-2)16(13)21-7-5-12-4-3-6-19-10-12/h3-4,6,8-10,18H,5,7,11H2,1-2H3. The van der Waals surface area contributed by atoms with E-state index in [9.17, 15) is 0 Å². The van der Waals surface area contributed by atoms with Gasteiger partial charge < -0.3 is 14.8 Å². The fourth-order valence-corrected chi connectivity index (χ4v) is 2.31. The minimum atomic E-state index is 0.556. The van der Waals surface area contributed by atoms with Gasteiger partial charge in [0.05, 0.1) is 13.7 Å². The van der Waals surface area contributed by atoms with Gasteiger partial charge in [0.15, 0.2) is 11.5 Å². The van der Waals surface area contributed by atoms with Crippen molar-refractivity contribution >= 4 is 11.6 Å². The summed E-state index contributed by atoms with van der Waals surface area (Å²) >= 11 is 6.09. The van der Waals surface area contributed by atoms with Gasteiger partial charge in [-0.15, -0.1) is 0 Å². The average molecular weight is 307 g/mol. The minimum Gasteiger partial charge on any atom is -0.493 e. The highest BCUT2D eigenvalue weighted by atomic mass is 35.5. The molecule has 0 saturated carbocycles. The van der Waals surface area contributed by atoms with Gasteiger partial charge in [-0.25, -0.2) is 0 Å². The molecule has 0 radical (unpaired) electrons. The number of nitrogens with zero attached hydrogens (tertiary/aromatic N) is 1. The zero-order chi connectivity index (χ0) is 15.1. The first-order valence-electron chi connectivity index (χ1n) is 6.77. The van der Waals surface area contributed by atoms with Gasteiger partial charge in [0.2, 0.25) is 0 Å². The Morgan fingerprint density at radius 2 is 2.19 bits per heavy atom. The van der Waals surface area contributed by atoms with Crippen molar-refractivity contribution in [1.29, 1.82) is 0 Å². The second kappa shape index (κ2) is 7.86. The summed E-state index contributed by atoms with van der Waals surface area (Å²) in [5.41, 5.74) is 2.12. The SMILES string of the molecule is CNCc1cc(Cl)cc(OC)c1OCCc1cccnc1. The molecule has 1 aromatic carbocycles. The smallest absolute Gasteiger partial charge is 0.165 e. The normalized spacial score (nSPS) is 10.4. The van der Waals surface area contributed by atoms with E-state index < -0.39 is 0 Å². The van der Waals surface area contributed by atoms with Crippen LogP contribution >= 0.6 is 11.6 Å². The van der Waals surface area contributed by atoms with Gasteiger partial charge in [-0.1, -0.05) is 17.7 Å². The number of hydrogen-bond acceptors (Lipinski definition) is 4. The van der Waals surface area contributed by atoms with Crippen molar-refractivity contribution in [2.75, 3.05) is 20.8 Å². The maximum absolute atomic E-state index is 6.09. The maximum atomic E-state index is 6.09. The van der Waals surface area contributed by atoms with E-state index in [0.717, 1.165) is 23.3 Å². The predicted molar refractivity (Wildman–Crippen MR) is 84.2 cm³/mol. The van der Waals surface area contributed by atoms with Crippen LogP contribution in [0.15, 0.2) is 36.7 Å². The van der Waals surface area contributed by atoms with Crippen LogP contribution in [0.3, 0.4) is 0 Å². The third kappa shape index (κ3) is 4.34. The molecule has 5 heteroatoms. The molecule has 0 fully saturated rings. The number of halogens is 1. The van der Waals surface area contributed by atoms with Crippen molar-refractivity contribution in [3.05, 3.63) is 52.8 Å². The Kier molecular flexibility index (Phi) is 5.84. The summed E-state index contributed by atoms with van der Waals surface area (Å²) in [5.74, 6) is 1.39. The summed E-state index contributed by atoms with van der Waals surface area (Å²) in [4.78, 5) is 4.09. The summed E-state index contributed by atoms with van der Waals surface area (Å²) in [6.45, 7) is 1.22. The van der Waals surface area contributed by atoms with Crippen LogP contribution in [0.4, 0.5) is 0 Å². The summed E-state index contributed by atoms with van der Waals surface area (Å²) in [6, 6.07) is 7.61. The van der Waals surface area contributed by atoms with Gasteiger partial charge in [0.25, 0.3) is 0 Å². The Balaban J connectivity index is 2.10. The largest absolute Gasteiger partial charge is 0.493 e. The van der Waals surface area contributed by atoms with E-state index in [1.54, 1.807) is 19.4 Å². The Morgan fingerprint density at radius 3 is 2.86 bits per heavy atom. The third-order valence-corrected chi connectivity index (χ3v) is 3.26. The fraction of sp³-hybridized carbons (Fsp3) is 0.312. The second-order valence-electron chi connectivity index (χ2n) is 4.59. The lowest BCUT2D eigenvalue weighted by atomic mass is 10.1. The summed E-state index contributed by atoms with van der Waals surface area (Å²) in [5, 5.41) is 3.74. The zero-order valence-electron chi connectivity index (χ0n) is 12.2. The quantitative estimate of drug-likeness (QED) is 0.853. The van der Waals surface area contributed by atoms with Gasteiger partial charge in [0, 0.05) is 42.0 Å². The molecule has 1 aromatic heterocycles. The third-order valence-electron chi connectivity index (χ3n) is 3.04. The first-order chi connectivity index (χ1) is 10.2. The molecule has 0 bridgehead atoms. The second-order valence-corrected chi connectivity index (χ2v) is 5.02. The lowest BCUT2D eigenvalue weighted by molar-refractivity contribution is 0.294. The molecule has 0 aliphatic heterocycles. The van der Waals surface area contributed by atoms with Crippen molar-refractivity contribution < 1.29 is 9.47 Å².